The van der Waals surface area contributed by atoms with Crippen molar-refractivity contribution in [2.45, 2.75) is 84.1 Å². The van der Waals surface area contributed by atoms with Crippen LogP contribution in [0.15, 0.2) is 28.7 Å². The van der Waals surface area contributed by atoms with Crippen LogP contribution in [0, 0.1) is 13.8 Å². The molecule has 1 aromatic heterocycles. The van der Waals surface area contributed by atoms with Crippen molar-refractivity contribution in [1.82, 2.24) is 15.2 Å². The first kappa shape index (κ1) is 26.4. The van der Waals surface area contributed by atoms with E-state index in [-0.39, 0.29) is 5.75 Å². The van der Waals surface area contributed by atoms with Gasteiger partial charge in [-0.15, -0.1) is 0 Å². The summed E-state index contributed by atoms with van der Waals surface area (Å²) in [7, 11) is -3.67. The average Bonchev–Trinajstić information content (AvgIpc) is 3.16. The molecule has 3 rings (SSSR count). The molecule has 0 unspecified atom stereocenters. The molecule has 188 valence electrons. The number of amides is 1. The molecular weight excluding hydrogens is 450 g/mol. The molecule has 2 aromatic rings. The van der Waals surface area contributed by atoms with Crippen molar-refractivity contribution < 1.29 is 17.6 Å². The molecule has 0 bridgehead atoms. The predicted octanol–water partition coefficient (Wildman–Crippen LogP) is 4.42. The third kappa shape index (κ3) is 7.40. The van der Waals surface area contributed by atoms with Crippen molar-refractivity contribution in [2.24, 2.45) is 0 Å². The Balaban J connectivity index is 1.53. The van der Waals surface area contributed by atoms with Gasteiger partial charge in [0.15, 0.2) is 9.84 Å². The molecule has 8 heteroatoms. The van der Waals surface area contributed by atoms with E-state index in [0.29, 0.717) is 36.0 Å². The highest BCUT2D eigenvalue weighted by Gasteiger charge is 2.25. The lowest BCUT2D eigenvalue weighted by Crippen LogP contribution is -2.47. The van der Waals surface area contributed by atoms with Crippen molar-refractivity contribution in [3.05, 3.63) is 41.3 Å². The Morgan fingerprint density at radius 2 is 1.85 bits per heavy atom. The molecule has 1 aromatic carbocycles. The molecule has 1 atom stereocenters. The molecular formula is C26H39N3O4S. The number of aryl methyl sites for hydroxylation is 2. The number of benzene rings is 1. The number of nitrogens with zero attached hydrogens (tertiary/aromatic N) is 2. The van der Waals surface area contributed by atoms with Crippen molar-refractivity contribution in [1.29, 1.82) is 0 Å². The van der Waals surface area contributed by atoms with E-state index in [9.17, 15) is 13.2 Å². The SMILES string of the molecule is CC[C@H](C)N(CCNC(=O)CS(=O)(=O)Cc1nc(-c2ccc(C)cc2)oc1C)C1CCCCC1. The highest BCUT2D eigenvalue weighted by Crippen LogP contribution is 2.25. The van der Waals surface area contributed by atoms with Crippen molar-refractivity contribution in [3.63, 3.8) is 0 Å². The van der Waals surface area contributed by atoms with Crippen LogP contribution in [-0.2, 0) is 20.4 Å². The summed E-state index contributed by atoms with van der Waals surface area (Å²) in [6, 6.07) is 8.69. The number of sulfone groups is 1. The summed E-state index contributed by atoms with van der Waals surface area (Å²) >= 11 is 0. The molecule has 1 fully saturated rings. The molecule has 1 saturated carbocycles. The molecule has 1 aliphatic rings. The van der Waals surface area contributed by atoms with Crippen LogP contribution in [-0.4, -0.2) is 55.1 Å². The summed E-state index contributed by atoms with van der Waals surface area (Å²) in [6.07, 6.45) is 7.28. The summed E-state index contributed by atoms with van der Waals surface area (Å²) in [4.78, 5) is 19.3. The number of hydrogen-bond acceptors (Lipinski definition) is 6. The molecule has 0 aliphatic heterocycles. The van der Waals surface area contributed by atoms with Gasteiger partial charge in [0, 0.05) is 30.7 Å². The first-order valence-electron chi connectivity index (χ1n) is 12.4. The predicted molar refractivity (Wildman–Crippen MR) is 135 cm³/mol. The first-order valence-corrected chi connectivity index (χ1v) is 14.3. The largest absolute Gasteiger partial charge is 0.441 e. The van der Waals surface area contributed by atoms with E-state index in [4.69, 9.17) is 4.42 Å². The molecule has 1 heterocycles. The van der Waals surface area contributed by atoms with E-state index in [1.54, 1.807) is 6.92 Å². The fraction of sp³-hybridized carbons (Fsp3) is 0.615. The van der Waals surface area contributed by atoms with Crippen molar-refractivity contribution >= 4 is 15.7 Å². The smallest absolute Gasteiger partial charge is 0.235 e. The standard InChI is InChI=1S/C26H39N3O4S/c1-5-20(3)29(23-9-7-6-8-10-23)16-15-27-25(30)18-34(31,32)17-24-21(4)33-26(28-24)22-13-11-19(2)12-14-22/h11-14,20,23H,5-10,15-18H2,1-4H3,(H,27,30)/t20-/m0/s1. The Labute approximate surface area is 204 Å². The van der Waals surface area contributed by atoms with Crippen LogP contribution < -0.4 is 5.32 Å². The van der Waals surface area contributed by atoms with E-state index >= 15 is 0 Å². The summed E-state index contributed by atoms with van der Waals surface area (Å²) in [5, 5.41) is 2.82. The van der Waals surface area contributed by atoms with Crippen LogP contribution in [0.4, 0.5) is 0 Å². The van der Waals surface area contributed by atoms with Gasteiger partial charge in [-0.2, -0.15) is 0 Å². The van der Waals surface area contributed by atoms with E-state index in [1.807, 2.05) is 31.2 Å². The second-order valence-corrected chi connectivity index (χ2v) is 11.6. The zero-order valence-electron chi connectivity index (χ0n) is 21.0. The van der Waals surface area contributed by atoms with Gasteiger partial charge >= 0.3 is 0 Å². The third-order valence-electron chi connectivity index (χ3n) is 6.79. The number of carbonyl (C=O) groups excluding carboxylic acids is 1. The molecule has 0 radical (unpaired) electrons. The fourth-order valence-corrected chi connectivity index (χ4v) is 5.91. The molecule has 1 amide bonds. The number of carbonyl (C=O) groups is 1. The Morgan fingerprint density at radius 3 is 2.50 bits per heavy atom. The lowest BCUT2D eigenvalue weighted by Gasteiger charge is -2.38. The van der Waals surface area contributed by atoms with Gasteiger partial charge in [-0.1, -0.05) is 43.9 Å². The molecule has 0 spiro atoms. The quantitative estimate of drug-likeness (QED) is 0.502. The van der Waals surface area contributed by atoms with Gasteiger partial charge in [-0.25, -0.2) is 13.4 Å². The number of oxazole rings is 1. The lowest BCUT2D eigenvalue weighted by molar-refractivity contribution is -0.118. The highest BCUT2D eigenvalue weighted by molar-refractivity contribution is 7.91. The summed E-state index contributed by atoms with van der Waals surface area (Å²) in [5.74, 6) is -0.488. The lowest BCUT2D eigenvalue weighted by atomic mass is 9.93. The van der Waals surface area contributed by atoms with Gasteiger partial charge in [0.25, 0.3) is 0 Å². The Bertz CT molecular complexity index is 1040. The maximum absolute atomic E-state index is 12.7. The first-order chi connectivity index (χ1) is 16.2. The monoisotopic (exact) mass is 489 g/mol. The van der Waals surface area contributed by atoms with Gasteiger partial charge in [0.2, 0.25) is 11.8 Å². The minimum atomic E-state index is -3.67. The Kier molecular flexibility index (Phi) is 9.31. The van der Waals surface area contributed by atoms with E-state index in [0.717, 1.165) is 24.1 Å². The summed E-state index contributed by atoms with van der Waals surface area (Å²) in [6.45, 7) is 9.30. The molecule has 0 saturated heterocycles. The summed E-state index contributed by atoms with van der Waals surface area (Å²) in [5.41, 5.74) is 2.26. The van der Waals surface area contributed by atoms with Gasteiger partial charge < -0.3 is 9.73 Å². The van der Waals surface area contributed by atoms with E-state index in [2.05, 4.69) is 29.0 Å². The van der Waals surface area contributed by atoms with Gasteiger partial charge in [-0.3, -0.25) is 9.69 Å². The normalized spacial score (nSPS) is 16.0. The van der Waals surface area contributed by atoms with Crippen molar-refractivity contribution in [2.75, 3.05) is 18.8 Å². The Hall–Kier alpha value is -2.19. The molecule has 1 aliphatic carbocycles. The fourth-order valence-electron chi connectivity index (χ4n) is 4.63. The van der Waals surface area contributed by atoms with E-state index in [1.165, 1.54) is 32.1 Å². The maximum atomic E-state index is 12.7. The number of nitrogens with one attached hydrogen (secondary N) is 1. The minimum Gasteiger partial charge on any atom is -0.441 e. The minimum absolute atomic E-state index is 0.317. The second kappa shape index (κ2) is 12.0. The zero-order valence-corrected chi connectivity index (χ0v) is 21.8. The van der Waals surface area contributed by atoms with Gasteiger partial charge in [-0.05, 0) is 52.2 Å². The van der Waals surface area contributed by atoms with E-state index < -0.39 is 21.5 Å². The van der Waals surface area contributed by atoms with Gasteiger partial charge in [0.05, 0.1) is 11.4 Å². The van der Waals surface area contributed by atoms with Crippen LogP contribution in [0.3, 0.4) is 0 Å². The number of aromatic nitrogens is 1. The summed E-state index contributed by atoms with van der Waals surface area (Å²) < 4.78 is 31.1. The highest BCUT2D eigenvalue weighted by atomic mass is 32.2. The Morgan fingerprint density at radius 1 is 1.18 bits per heavy atom. The van der Waals surface area contributed by atoms with Crippen molar-refractivity contribution in [3.8, 4) is 11.5 Å². The number of rotatable bonds is 11. The molecule has 7 nitrogen and oxygen atoms in total. The number of hydrogen-bond donors (Lipinski definition) is 1. The topological polar surface area (TPSA) is 92.5 Å². The third-order valence-corrected chi connectivity index (χ3v) is 8.21. The average molecular weight is 490 g/mol. The zero-order chi connectivity index (χ0) is 24.7. The van der Waals surface area contributed by atoms with Crippen LogP contribution in [0.1, 0.15) is 69.4 Å². The maximum Gasteiger partial charge on any atom is 0.235 e. The van der Waals surface area contributed by atoms with Crippen LogP contribution >= 0.6 is 0 Å². The van der Waals surface area contributed by atoms with Crippen LogP contribution in [0.2, 0.25) is 0 Å². The van der Waals surface area contributed by atoms with Crippen LogP contribution in [0.25, 0.3) is 11.5 Å². The molecule has 1 N–H and O–H groups in total. The molecule has 34 heavy (non-hydrogen) atoms. The van der Waals surface area contributed by atoms with Crippen LogP contribution in [0.5, 0.6) is 0 Å². The second-order valence-electron chi connectivity index (χ2n) is 9.56. The van der Waals surface area contributed by atoms with Gasteiger partial charge in [0.1, 0.15) is 11.5 Å².